The van der Waals surface area contributed by atoms with Gasteiger partial charge in [0, 0.05) is 27.5 Å². The lowest BCUT2D eigenvalue weighted by Gasteiger charge is -2.13. The van der Waals surface area contributed by atoms with Gasteiger partial charge in [-0.15, -0.1) is 0 Å². The van der Waals surface area contributed by atoms with Crippen LogP contribution in [0.4, 0.5) is 0 Å². The smallest absolute Gasteiger partial charge is 0.259 e. The third-order valence-electron chi connectivity index (χ3n) is 1.92. The van der Waals surface area contributed by atoms with E-state index in [-0.39, 0.29) is 11.6 Å². The maximum absolute atomic E-state index is 11.7. The molecule has 16 heavy (non-hydrogen) atoms. The summed E-state index contributed by atoms with van der Waals surface area (Å²) in [5.41, 5.74) is 0. The van der Waals surface area contributed by atoms with E-state index in [1.807, 2.05) is 0 Å². The van der Waals surface area contributed by atoms with E-state index in [0.717, 1.165) is 0 Å². The monoisotopic (exact) mass is 249 g/mol. The normalized spacial score (nSPS) is 12.2. The van der Waals surface area contributed by atoms with E-state index in [9.17, 15) is 8.42 Å². The minimum Gasteiger partial charge on any atom is -0.355 e. The van der Waals surface area contributed by atoms with E-state index in [1.54, 1.807) is 11.6 Å². The highest BCUT2D eigenvalue weighted by molar-refractivity contribution is 7.89. The Kier molecular flexibility index (Phi) is 4.42. The van der Waals surface area contributed by atoms with Gasteiger partial charge in [-0.25, -0.2) is 18.1 Å². The van der Waals surface area contributed by atoms with Crippen LogP contribution in [-0.2, 0) is 26.5 Å². The molecule has 0 unspecified atom stereocenters. The van der Waals surface area contributed by atoms with Gasteiger partial charge in [0.2, 0.25) is 0 Å². The highest BCUT2D eigenvalue weighted by atomic mass is 32.2. The number of aromatic nitrogens is 2. The number of nitrogens with zero attached hydrogens (tertiary/aromatic N) is 2. The zero-order valence-corrected chi connectivity index (χ0v) is 10.2. The molecule has 0 amide bonds. The average Bonchev–Trinajstić information content (AvgIpc) is 2.67. The van der Waals surface area contributed by atoms with Gasteiger partial charge in [-0.1, -0.05) is 0 Å². The lowest BCUT2D eigenvalue weighted by atomic mass is 10.6. The fourth-order valence-corrected chi connectivity index (χ4v) is 2.04. The first-order valence-corrected chi connectivity index (χ1v) is 6.01. The molecule has 7 nitrogen and oxygen atoms in total. The van der Waals surface area contributed by atoms with Gasteiger partial charge >= 0.3 is 0 Å². The fourth-order valence-electron chi connectivity index (χ4n) is 1.04. The minimum absolute atomic E-state index is 0.0269. The number of aryl methyl sites for hydroxylation is 1. The Bertz CT molecular complexity index is 424. The van der Waals surface area contributed by atoms with Crippen molar-refractivity contribution in [3.8, 4) is 0 Å². The van der Waals surface area contributed by atoms with E-state index in [1.165, 1.54) is 26.7 Å². The second-order valence-corrected chi connectivity index (χ2v) is 4.84. The number of methoxy groups -OCH3 is 2. The molecule has 0 aliphatic rings. The fraction of sp³-hybridized carbons (Fsp3) is 0.625. The summed E-state index contributed by atoms with van der Waals surface area (Å²) in [6.07, 6.45) is 2.22. The summed E-state index contributed by atoms with van der Waals surface area (Å²) in [5.74, 6) is 0. The zero-order chi connectivity index (χ0) is 12.2. The van der Waals surface area contributed by atoms with Crippen molar-refractivity contribution in [3.63, 3.8) is 0 Å². The molecule has 0 aromatic carbocycles. The van der Waals surface area contributed by atoms with Crippen LogP contribution in [0.2, 0.25) is 0 Å². The number of nitrogens with one attached hydrogen (secondary N) is 1. The summed E-state index contributed by atoms with van der Waals surface area (Å²) >= 11 is 0. The highest BCUT2D eigenvalue weighted by Gasteiger charge is 2.18. The number of hydrogen-bond acceptors (Lipinski definition) is 5. The Morgan fingerprint density at radius 2 is 2.12 bits per heavy atom. The molecule has 1 rings (SSSR count). The van der Waals surface area contributed by atoms with Crippen molar-refractivity contribution in [2.75, 3.05) is 20.8 Å². The molecule has 0 saturated heterocycles. The first kappa shape index (κ1) is 13.1. The van der Waals surface area contributed by atoms with Crippen molar-refractivity contribution in [2.45, 2.75) is 11.3 Å². The van der Waals surface area contributed by atoms with Crippen molar-refractivity contribution < 1.29 is 17.9 Å². The second kappa shape index (κ2) is 5.39. The molecule has 0 aliphatic heterocycles. The van der Waals surface area contributed by atoms with Crippen LogP contribution < -0.4 is 4.72 Å². The Morgan fingerprint density at radius 3 is 2.56 bits per heavy atom. The molecule has 8 heteroatoms. The van der Waals surface area contributed by atoms with Crippen molar-refractivity contribution in [2.24, 2.45) is 7.05 Å². The molecular weight excluding hydrogens is 234 g/mol. The molecule has 1 N–H and O–H groups in total. The lowest BCUT2D eigenvalue weighted by Crippen LogP contribution is -2.34. The molecule has 0 fully saturated rings. The van der Waals surface area contributed by atoms with Crippen molar-refractivity contribution in [1.29, 1.82) is 0 Å². The quantitative estimate of drug-likeness (QED) is 0.675. The summed E-state index contributed by atoms with van der Waals surface area (Å²) < 4.78 is 37.0. The molecule has 0 spiro atoms. The number of sulfonamides is 1. The molecule has 0 saturated carbocycles. The van der Waals surface area contributed by atoms with Crippen LogP contribution >= 0.6 is 0 Å². The van der Waals surface area contributed by atoms with Gasteiger partial charge in [0.05, 0.1) is 12.9 Å². The van der Waals surface area contributed by atoms with Crippen LogP contribution in [0.3, 0.4) is 0 Å². The topological polar surface area (TPSA) is 82.5 Å². The highest BCUT2D eigenvalue weighted by Crippen LogP contribution is 2.04. The van der Waals surface area contributed by atoms with Gasteiger partial charge in [0.25, 0.3) is 10.0 Å². The average molecular weight is 249 g/mol. The van der Waals surface area contributed by atoms with Crippen molar-refractivity contribution >= 4 is 10.0 Å². The maximum Gasteiger partial charge on any atom is 0.259 e. The standard InChI is InChI=1S/C8H15N3O4S/c1-11-5-7(9-6-11)16(12,13)10-4-8(14-2)15-3/h5-6,8,10H,4H2,1-3H3. The van der Waals surface area contributed by atoms with E-state index in [4.69, 9.17) is 9.47 Å². The molecule has 92 valence electrons. The van der Waals surface area contributed by atoms with E-state index in [0.29, 0.717) is 0 Å². The largest absolute Gasteiger partial charge is 0.355 e. The van der Waals surface area contributed by atoms with E-state index < -0.39 is 16.3 Å². The van der Waals surface area contributed by atoms with Gasteiger partial charge in [-0.2, -0.15) is 0 Å². The first-order valence-electron chi connectivity index (χ1n) is 4.53. The summed E-state index contributed by atoms with van der Waals surface area (Å²) in [4.78, 5) is 3.75. The van der Waals surface area contributed by atoms with Gasteiger partial charge in [0.15, 0.2) is 11.3 Å². The molecule has 0 bridgehead atoms. The number of ether oxygens (including phenoxy) is 2. The zero-order valence-electron chi connectivity index (χ0n) is 9.37. The van der Waals surface area contributed by atoms with Gasteiger partial charge < -0.3 is 14.0 Å². The maximum atomic E-state index is 11.7. The Hall–Kier alpha value is -0.960. The lowest BCUT2D eigenvalue weighted by molar-refractivity contribution is -0.0960. The molecule has 1 aromatic rings. The SMILES string of the molecule is COC(CNS(=O)(=O)c1cn(C)cn1)OC. The molecule has 1 heterocycles. The second-order valence-electron chi connectivity index (χ2n) is 3.13. The van der Waals surface area contributed by atoms with Gasteiger partial charge in [0.1, 0.15) is 0 Å². The van der Waals surface area contributed by atoms with Crippen molar-refractivity contribution in [1.82, 2.24) is 14.3 Å². The van der Waals surface area contributed by atoms with Crippen LogP contribution in [0.15, 0.2) is 17.6 Å². The van der Waals surface area contributed by atoms with Gasteiger partial charge in [-0.3, -0.25) is 0 Å². The predicted octanol–water partition coefficient (Wildman–Crippen LogP) is -0.683. The summed E-state index contributed by atoms with van der Waals surface area (Å²) in [5, 5.41) is -0.0269. The van der Waals surface area contributed by atoms with Crippen LogP contribution in [0, 0.1) is 0 Å². The summed E-state index contributed by atoms with van der Waals surface area (Å²) in [6.45, 7) is 0.0336. The summed E-state index contributed by atoms with van der Waals surface area (Å²) in [7, 11) is 0.964. The van der Waals surface area contributed by atoms with Crippen LogP contribution in [0.5, 0.6) is 0 Å². The summed E-state index contributed by atoms with van der Waals surface area (Å²) in [6, 6.07) is 0. The molecule has 0 aliphatic carbocycles. The first-order chi connectivity index (χ1) is 7.49. The Balaban J connectivity index is 2.66. The molecule has 0 atom stereocenters. The van der Waals surface area contributed by atoms with Crippen LogP contribution in [-0.4, -0.2) is 45.0 Å². The van der Waals surface area contributed by atoms with E-state index in [2.05, 4.69) is 9.71 Å². The van der Waals surface area contributed by atoms with Gasteiger partial charge in [-0.05, 0) is 0 Å². The number of imidazole rings is 1. The number of hydrogen-bond donors (Lipinski definition) is 1. The Morgan fingerprint density at radius 1 is 1.50 bits per heavy atom. The van der Waals surface area contributed by atoms with Crippen molar-refractivity contribution in [3.05, 3.63) is 12.5 Å². The third-order valence-corrected chi connectivity index (χ3v) is 3.23. The molecular formula is C8H15N3O4S. The van der Waals surface area contributed by atoms with Crippen LogP contribution in [0.1, 0.15) is 0 Å². The minimum atomic E-state index is -3.60. The predicted molar refractivity (Wildman–Crippen MR) is 56.2 cm³/mol. The van der Waals surface area contributed by atoms with Crippen LogP contribution in [0.25, 0.3) is 0 Å². The molecule has 0 radical (unpaired) electrons. The third kappa shape index (κ3) is 3.27. The Labute approximate surface area is 94.4 Å². The number of rotatable bonds is 6. The van der Waals surface area contributed by atoms with E-state index >= 15 is 0 Å². The molecule has 1 aromatic heterocycles.